The molecule has 2 atom stereocenters. The van der Waals surface area contributed by atoms with Gasteiger partial charge in [-0.25, -0.2) is 0 Å². The van der Waals surface area contributed by atoms with Crippen molar-refractivity contribution in [3.63, 3.8) is 0 Å². The summed E-state index contributed by atoms with van der Waals surface area (Å²) in [6.07, 6.45) is 8.57. The number of benzene rings is 2. The summed E-state index contributed by atoms with van der Waals surface area (Å²) in [6.45, 7) is 7.75. The first-order valence-electron chi connectivity index (χ1n) is 12.8. The number of thiocarbonyl (C=S) groups is 1. The Morgan fingerprint density at radius 3 is 2.76 bits per heavy atom. The molecule has 1 heterocycles. The number of hydrogen-bond acceptors (Lipinski definition) is 3. The number of rotatable bonds is 7. The molecule has 0 aromatic heterocycles. The van der Waals surface area contributed by atoms with Crippen LogP contribution in [0.3, 0.4) is 0 Å². The van der Waals surface area contributed by atoms with Crippen LogP contribution in [0, 0.1) is 5.92 Å². The zero-order valence-corrected chi connectivity index (χ0v) is 22.4. The van der Waals surface area contributed by atoms with Crippen LogP contribution in [-0.4, -0.2) is 36.3 Å². The molecule has 184 valence electrons. The summed E-state index contributed by atoms with van der Waals surface area (Å²) in [4.78, 5) is 4.96. The molecule has 1 aliphatic carbocycles. The van der Waals surface area contributed by atoms with Gasteiger partial charge >= 0.3 is 0 Å². The Kier molecular flexibility index (Phi) is 8.60. The molecule has 0 bridgehead atoms. The minimum Gasteiger partial charge on any atom is -0.495 e. The van der Waals surface area contributed by atoms with E-state index in [0.29, 0.717) is 22.7 Å². The third kappa shape index (κ3) is 5.80. The maximum Gasteiger partial charge on any atom is 0.174 e. The number of hydrogen-bond donors (Lipinski definition) is 1. The van der Waals surface area contributed by atoms with E-state index in [-0.39, 0.29) is 0 Å². The van der Waals surface area contributed by atoms with Gasteiger partial charge in [0, 0.05) is 42.5 Å². The molecule has 2 aromatic rings. The maximum absolute atomic E-state index is 6.18. The first kappa shape index (κ1) is 25.1. The molecule has 34 heavy (non-hydrogen) atoms. The fourth-order valence-electron chi connectivity index (χ4n) is 5.58. The molecular weight excluding hydrogens is 462 g/mol. The van der Waals surface area contributed by atoms with Crippen molar-refractivity contribution in [3.05, 3.63) is 52.5 Å². The van der Waals surface area contributed by atoms with Crippen molar-refractivity contribution >= 4 is 40.3 Å². The number of ether oxygens (including phenoxy) is 1. The lowest BCUT2D eigenvalue weighted by Gasteiger charge is -2.40. The molecule has 2 aromatic carbocycles. The van der Waals surface area contributed by atoms with Crippen LogP contribution >= 0.6 is 23.8 Å². The van der Waals surface area contributed by atoms with Gasteiger partial charge < -0.3 is 19.9 Å². The summed E-state index contributed by atoms with van der Waals surface area (Å²) in [7, 11) is 1.66. The van der Waals surface area contributed by atoms with Crippen molar-refractivity contribution < 1.29 is 4.74 Å². The molecule has 1 saturated carbocycles. The van der Waals surface area contributed by atoms with Gasteiger partial charge in [-0.2, -0.15) is 0 Å². The lowest BCUT2D eigenvalue weighted by molar-refractivity contribution is 0.177. The standard InChI is InChI=1S/C28H38ClN3OS/c1-4-15-31-16-7-9-22-17-21(11-14-26(22)31)19-32(25-10-6-5-8-20(25)2)28(34)30-24-13-12-23(29)18-27(24)33-3/h11-14,17-18,20,25H,4-10,15-16,19H2,1-3H3,(H,30,34)/t20-,25+/m0/s1. The molecule has 0 radical (unpaired) electrons. The first-order valence-corrected chi connectivity index (χ1v) is 13.6. The van der Waals surface area contributed by atoms with Gasteiger partial charge in [0.1, 0.15) is 5.75 Å². The minimum absolute atomic E-state index is 0.430. The van der Waals surface area contributed by atoms with E-state index in [0.717, 1.165) is 30.3 Å². The van der Waals surface area contributed by atoms with Crippen molar-refractivity contribution in [1.29, 1.82) is 0 Å². The Morgan fingerprint density at radius 1 is 1.18 bits per heavy atom. The molecule has 0 spiro atoms. The van der Waals surface area contributed by atoms with Crippen LogP contribution in [0.5, 0.6) is 5.75 Å². The van der Waals surface area contributed by atoms with E-state index >= 15 is 0 Å². The van der Waals surface area contributed by atoms with Crippen molar-refractivity contribution in [2.45, 2.75) is 71.4 Å². The normalized spacial score (nSPS) is 19.9. The third-order valence-corrected chi connectivity index (χ3v) is 7.91. The molecule has 4 nitrogen and oxygen atoms in total. The van der Waals surface area contributed by atoms with Gasteiger partial charge in [0.25, 0.3) is 0 Å². The zero-order chi connectivity index (χ0) is 24.1. The SMILES string of the molecule is CCCN1CCCc2cc(CN(C(=S)Nc3ccc(Cl)cc3OC)[C@@H]3CCCC[C@@H]3C)ccc21. The van der Waals surface area contributed by atoms with Crippen LogP contribution in [0.1, 0.15) is 63.5 Å². The number of nitrogens with zero attached hydrogens (tertiary/aromatic N) is 2. The van der Waals surface area contributed by atoms with E-state index in [1.807, 2.05) is 18.2 Å². The molecule has 1 aliphatic heterocycles. The number of fused-ring (bicyclic) bond motifs is 1. The molecule has 4 rings (SSSR count). The number of halogens is 1. The molecule has 0 unspecified atom stereocenters. The van der Waals surface area contributed by atoms with Crippen LogP contribution in [0.2, 0.25) is 5.02 Å². The fraction of sp³-hybridized carbons (Fsp3) is 0.536. The molecule has 1 N–H and O–H groups in total. The van der Waals surface area contributed by atoms with E-state index in [9.17, 15) is 0 Å². The van der Waals surface area contributed by atoms with Crippen LogP contribution in [-0.2, 0) is 13.0 Å². The predicted molar refractivity (Wildman–Crippen MR) is 148 cm³/mol. The molecule has 6 heteroatoms. The fourth-order valence-corrected chi connectivity index (χ4v) is 6.05. The van der Waals surface area contributed by atoms with Gasteiger partial charge in [-0.3, -0.25) is 0 Å². The first-order chi connectivity index (χ1) is 16.5. The highest BCUT2D eigenvalue weighted by Crippen LogP contribution is 2.33. The van der Waals surface area contributed by atoms with Gasteiger partial charge in [-0.1, -0.05) is 50.4 Å². The number of anilines is 2. The van der Waals surface area contributed by atoms with Crippen LogP contribution in [0.15, 0.2) is 36.4 Å². The van der Waals surface area contributed by atoms with Gasteiger partial charge in [-0.05, 0) is 79.6 Å². The molecule has 2 aliphatic rings. The van der Waals surface area contributed by atoms with E-state index in [2.05, 4.69) is 47.2 Å². The van der Waals surface area contributed by atoms with E-state index in [1.54, 1.807) is 7.11 Å². The highest BCUT2D eigenvalue weighted by Gasteiger charge is 2.30. The Hall–Kier alpha value is -1.98. The summed E-state index contributed by atoms with van der Waals surface area (Å²) < 4.78 is 5.55. The second-order valence-corrected chi connectivity index (χ2v) is 10.6. The van der Waals surface area contributed by atoms with Crippen LogP contribution < -0.4 is 15.0 Å². The topological polar surface area (TPSA) is 27.7 Å². The zero-order valence-electron chi connectivity index (χ0n) is 20.8. The van der Waals surface area contributed by atoms with Crippen molar-refractivity contribution in [2.75, 3.05) is 30.4 Å². The van der Waals surface area contributed by atoms with E-state index < -0.39 is 0 Å². The highest BCUT2D eigenvalue weighted by molar-refractivity contribution is 7.80. The van der Waals surface area contributed by atoms with Gasteiger partial charge in [-0.15, -0.1) is 0 Å². The second kappa shape index (κ2) is 11.6. The molecule has 0 amide bonds. The Morgan fingerprint density at radius 2 is 2.00 bits per heavy atom. The number of aryl methyl sites for hydroxylation is 1. The van der Waals surface area contributed by atoms with Crippen molar-refractivity contribution in [2.24, 2.45) is 5.92 Å². The Labute approximate surface area is 215 Å². The Bertz CT molecular complexity index is 998. The third-order valence-electron chi connectivity index (χ3n) is 7.34. The average molecular weight is 500 g/mol. The van der Waals surface area contributed by atoms with Crippen molar-refractivity contribution in [3.8, 4) is 5.75 Å². The summed E-state index contributed by atoms with van der Waals surface area (Å²) >= 11 is 12.2. The smallest absolute Gasteiger partial charge is 0.174 e. The summed E-state index contributed by atoms with van der Waals surface area (Å²) in [5, 5.41) is 4.88. The van der Waals surface area contributed by atoms with Crippen LogP contribution in [0.4, 0.5) is 11.4 Å². The van der Waals surface area contributed by atoms with Crippen molar-refractivity contribution in [1.82, 2.24) is 4.90 Å². The molecule has 0 saturated heterocycles. The summed E-state index contributed by atoms with van der Waals surface area (Å²) in [5.74, 6) is 1.31. The highest BCUT2D eigenvalue weighted by atomic mass is 35.5. The molecular formula is C28H38ClN3OS. The quantitative estimate of drug-likeness (QED) is 0.404. The van der Waals surface area contributed by atoms with E-state index in [4.69, 9.17) is 28.6 Å². The van der Waals surface area contributed by atoms with Crippen LogP contribution in [0.25, 0.3) is 0 Å². The van der Waals surface area contributed by atoms with Gasteiger partial charge in [0.2, 0.25) is 0 Å². The second-order valence-electron chi connectivity index (χ2n) is 9.79. The Balaban J connectivity index is 1.59. The lowest BCUT2D eigenvalue weighted by Crippen LogP contribution is -2.46. The average Bonchev–Trinajstić information content (AvgIpc) is 2.84. The monoisotopic (exact) mass is 499 g/mol. The minimum atomic E-state index is 0.430. The largest absolute Gasteiger partial charge is 0.495 e. The summed E-state index contributed by atoms with van der Waals surface area (Å²) in [6, 6.07) is 13.1. The van der Waals surface area contributed by atoms with Gasteiger partial charge in [0.05, 0.1) is 12.8 Å². The lowest BCUT2D eigenvalue weighted by atomic mass is 9.84. The van der Waals surface area contributed by atoms with Gasteiger partial charge in [0.15, 0.2) is 5.11 Å². The predicted octanol–water partition coefficient (Wildman–Crippen LogP) is 7.29. The maximum atomic E-state index is 6.18. The summed E-state index contributed by atoms with van der Waals surface area (Å²) in [5.41, 5.74) is 5.08. The number of nitrogens with one attached hydrogen (secondary N) is 1. The van der Waals surface area contributed by atoms with E-state index in [1.165, 1.54) is 61.9 Å². The number of methoxy groups -OCH3 is 1. The molecule has 1 fully saturated rings.